The number of aliphatic carboxylic acids is 2. The lowest BCUT2D eigenvalue weighted by molar-refractivity contribution is -0.150. The quantitative estimate of drug-likeness (QED) is 0.311. The number of hydrogen-bond donors (Lipinski definition) is 4. The molecule has 4 atom stereocenters. The van der Waals surface area contributed by atoms with Crippen molar-refractivity contribution in [2.75, 3.05) is 13.1 Å². The molecule has 4 rings (SSSR count). The van der Waals surface area contributed by atoms with E-state index in [-0.39, 0.29) is 50.4 Å². The number of carbonyl (C=O) groups is 6. The maximum Gasteiger partial charge on any atom is 0.326 e. The van der Waals surface area contributed by atoms with Gasteiger partial charge in [0.25, 0.3) is 11.8 Å². The van der Waals surface area contributed by atoms with E-state index in [0.29, 0.717) is 5.69 Å². The van der Waals surface area contributed by atoms with Gasteiger partial charge in [-0.1, -0.05) is 13.8 Å². The van der Waals surface area contributed by atoms with Gasteiger partial charge < -0.3 is 39.6 Å². The maximum atomic E-state index is 13.3. The first-order valence-electron chi connectivity index (χ1n) is 13.6. The Morgan fingerprint density at radius 3 is 1.81 bits per heavy atom. The van der Waals surface area contributed by atoms with Gasteiger partial charge in [-0.05, 0) is 29.7 Å². The van der Waals surface area contributed by atoms with Crippen molar-refractivity contribution in [3.63, 3.8) is 0 Å². The third-order valence-corrected chi connectivity index (χ3v) is 7.66. The molecule has 4 amide bonds. The molecule has 4 heterocycles. The highest BCUT2D eigenvalue weighted by molar-refractivity contribution is 5.94. The fourth-order valence-corrected chi connectivity index (χ4v) is 5.61. The van der Waals surface area contributed by atoms with E-state index in [4.69, 9.17) is 4.42 Å². The van der Waals surface area contributed by atoms with E-state index in [9.17, 15) is 39.0 Å². The molecule has 14 nitrogen and oxygen atoms in total. The number of furan rings is 1. The molecule has 2 saturated heterocycles. The predicted octanol–water partition coefficient (Wildman–Crippen LogP) is 0.693. The Morgan fingerprint density at radius 2 is 1.38 bits per heavy atom. The second kappa shape index (κ2) is 12.1. The Bertz CT molecular complexity index is 1370. The normalized spacial score (nSPS) is 22.2. The van der Waals surface area contributed by atoms with Crippen LogP contribution in [0.1, 0.15) is 60.6 Å². The number of nitrogens with one attached hydrogen (secondary N) is 2. The summed E-state index contributed by atoms with van der Waals surface area (Å²) in [6.07, 6.45) is 2.74. The van der Waals surface area contributed by atoms with E-state index in [1.807, 2.05) is 0 Å². The number of amides is 4. The molecule has 2 aromatic rings. The van der Waals surface area contributed by atoms with Gasteiger partial charge in [0.15, 0.2) is 5.76 Å². The Balaban J connectivity index is 1.37. The zero-order valence-electron chi connectivity index (χ0n) is 23.6. The van der Waals surface area contributed by atoms with Gasteiger partial charge in [-0.3, -0.25) is 19.2 Å². The summed E-state index contributed by atoms with van der Waals surface area (Å²) in [5.41, 5.74) is -0.546. The van der Waals surface area contributed by atoms with E-state index in [0.717, 1.165) is 0 Å². The van der Waals surface area contributed by atoms with Gasteiger partial charge in [-0.2, -0.15) is 0 Å². The number of nitrogens with zero attached hydrogens (tertiary/aromatic N) is 3. The molecule has 42 heavy (non-hydrogen) atoms. The lowest BCUT2D eigenvalue weighted by Gasteiger charge is -2.31. The van der Waals surface area contributed by atoms with Crippen LogP contribution in [0.5, 0.6) is 0 Å². The fraction of sp³-hybridized carbons (Fsp3) is 0.500. The van der Waals surface area contributed by atoms with Crippen molar-refractivity contribution in [2.45, 2.75) is 63.7 Å². The molecule has 0 saturated carbocycles. The van der Waals surface area contributed by atoms with E-state index < -0.39 is 59.2 Å². The van der Waals surface area contributed by atoms with Crippen molar-refractivity contribution >= 4 is 35.6 Å². The summed E-state index contributed by atoms with van der Waals surface area (Å²) in [6.45, 7) is 3.32. The van der Waals surface area contributed by atoms with Crippen LogP contribution < -0.4 is 10.6 Å². The topological polar surface area (TPSA) is 191 Å². The van der Waals surface area contributed by atoms with Crippen molar-refractivity contribution < 1.29 is 43.4 Å². The first kappa shape index (κ1) is 30.3. The standard InChI is InChI=1S/C28H35N5O9/c1-28(2,13-23(35)33-15-17(11-20(33)27(40)41)30-25(37)21-7-5-9-42-21)12-22(34)32-14-16(10-19(32)26(38)39)29-24(36)18-6-4-8-31(18)3/h4-9,16-17,19-20H,10-15H2,1-3H3,(H,29,36)(H,30,37)(H,38,39)(H,40,41). The van der Waals surface area contributed by atoms with Gasteiger partial charge in [0, 0.05) is 64.1 Å². The van der Waals surface area contributed by atoms with Gasteiger partial charge in [0.05, 0.1) is 6.26 Å². The smallest absolute Gasteiger partial charge is 0.326 e. The van der Waals surface area contributed by atoms with Gasteiger partial charge in [0.1, 0.15) is 17.8 Å². The average molecular weight is 586 g/mol. The highest BCUT2D eigenvalue weighted by atomic mass is 16.4. The molecule has 226 valence electrons. The molecule has 0 radical (unpaired) electrons. The van der Waals surface area contributed by atoms with Crippen LogP contribution in [-0.2, 0) is 26.2 Å². The van der Waals surface area contributed by atoms with E-state index in [2.05, 4.69) is 10.6 Å². The molecule has 0 spiro atoms. The molecular weight excluding hydrogens is 550 g/mol. The number of aryl methyl sites for hydroxylation is 1. The molecular formula is C28H35N5O9. The second-order valence-electron chi connectivity index (χ2n) is 11.6. The summed E-state index contributed by atoms with van der Waals surface area (Å²) < 4.78 is 6.70. The first-order valence-corrected chi connectivity index (χ1v) is 13.6. The average Bonchev–Trinajstić information content (AvgIpc) is 3.69. The van der Waals surface area contributed by atoms with Crippen LogP contribution in [0.3, 0.4) is 0 Å². The summed E-state index contributed by atoms with van der Waals surface area (Å²) in [7, 11) is 1.71. The van der Waals surface area contributed by atoms with Crippen LogP contribution in [0.25, 0.3) is 0 Å². The van der Waals surface area contributed by atoms with Crippen molar-refractivity contribution in [2.24, 2.45) is 12.5 Å². The van der Waals surface area contributed by atoms with Crippen LogP contribution >= 0.6 is 0 Å². The van der Waals surface area contributed by atoms with E-state index >= 15 is 0 Å². The third kappa shape index (κ3) is 6.81. The Kier molecular flexibility index (Phi) is 8.73. The van der Waals surface area contributed by atoms with Crippen molar-refractivity contribution in [3.8, 4) is 0 Å². The Morgan fingerprint density at radius 1 is 0.857 bits per heavy atom. The van der Waals surface area contributed by atoms with E-state index in [1.54, 1.807) is 49.9 Å². The molecule has 2 fully saturated rings. The minimum Gasteiger partial charge on any atom is -0.480 e. The molecule has 0 bridgehead atoms. The van der Waals surface area contributed by atoms with Crippen molar-refractivity contribution in [3.05, 3.63) is 48.2 Å². The molecule has 0 aromatic carbocycles. The number of rotatable bonds is 10. The molecule has 4 N–H and O–H groups in total. The summed E-state index contributed by atoms with van der Waals surface area (Å²) in [6, 6.07) is 2.87. The van der Waals surface area contributed by atoms with Crippen LogP contribution in [0.4, 0.5) is 0 Å². The molecule has 2 aliphatic heterocycles. The van der Waals surface area contributed by atoms with Crippen LogP contribution in [0.15, 0.2) is 41.1 Å². The van der Waals surface area contributed by atoms with Crippen molar-refractivity contribution in [1.29, 1.82) is 0 Å². The van der Waals surface area contributed by atoms with Crippen LogP contribution in [-0.4, -0.2) is 97.4 Å². The van der Waals surface area contributed by atoms with Crippen LogP contribution in [0.2, 0.25) is 0 Å². The lowest BCUT2D eigenvalue weighted by Crippen LogP contribution is -2.45. The Hall–Kier alpha value is -4.62. The summed E-state index contributed by atoms with van der Waals surface area (Å²) >= 11 is 0. The van der Waals surface area contributed by atoms with Gasteiger partial charge in [-0.15, -0.1) is 0 Å². The van der Waals surface area contributed by atoms with Gasteiger partial charge in [0.2, 0.25) is 11.8 Å². The first-order chi connectivity index (χ1) is 19.8. The van der Waals surface area contributed by atoms with Gasteiger partial charge in [-0.25, -0.2) is 9.59 Å². The third-order valence-electron chi connectivity index (χ3n) is 7.66. The number of carboxylic acids is 2. The SMILES string of the molecule is Cn1cccc1C(=O)NC1CC(C(=O)O)N(C(=O)CC(C)(C)CC(=O)N2CC(NC(=O)c3ccco3)CC2C(=O)O)C1. The largest absolute Gasteiger partial charge is 0.480 e. The van der Waals surface area contributed by atoms with Gasteiger partial charge >= 0.3 is 11.9 Å². The van der Waals surface area contributed by atoms with Crippen molar-refractivity contribution in [1.82, 2.24) is 25.0 Å². The molecule has 2 aliphatic rings. The molecule has 4 unspecified atom stereocenters. The Labute approximate surface area is 241 Å². The van der Waals surface area contributed by atoms with Crippen LogP contribution in [0, 0.1) is 5.41 Å². The monoisotopic (exact) mass is 585 g/mol. The molecule has 14 heteroatoms. The lowest BCUT2D eigenvalue weighted by atomic mass is 9.84. The molecule has 0 aliphatic carbocycles. The summed E-state index contributed by atoms with van der Waals surface area (Å²) in [4.78, 5) is 77.9. The zero-order chi connectivity index (χ0) is 30.8. The minimum absolute atomic E-state index is 0.000247. The van der Waals surface area contributed by atoms with E-state index in [1.165, 1.54) is 22.1 Å². The highest BCUT2D eigenvalue weighted by Crippen LogP contribution is 2.31. The number of carbonyl (C=O) groups excluding carboxylic acids is 4. The zero-order valence-corrected chi connectivity index (χ0v) is 23.6. The predicted molar refractivity (Wildman–Crippen MR) is 145 cm³/mol. The number of likely N-dealkylation sites (tertiary alicyclic amines) is 2. The summed E-state index contributed by atoms with van der Waals surface area (Å²) in [5.74, 6) is -4.24. The fourth-order valence-electron chi connectivity index (χ4n) is 5.61. The molecule has 2 aromatic heterocycles. The maximum absolute atomic E-state index is 13.3. The number of carboxylic acid groups (broad SMARTS) is 2. The second-order valence-corrected chi connectivity index (χ2v) is 11.6. The number of aromatic nitrogens is 1. The number of hydrogen-bond acceptors (Lipinski definition) is 7. The summed E-state index contributed by atoms with van der Waals surface area (Å²) in [5, 5.41) is 25.0. The minimum atomic E-state index is -1.21. The highest BCUT2D eigenvalue weighted by Gasteiger charge is 2.44.